The second kappa shape index (κ2) is 11.2. The van der Waals surface area contributed by atoms with Crippen LogP contribution in [0.15, 0.2) is 189 Å². The summed E-state index contributed by atoms with van der Waals surface area (Å²) in [5.74, 6) is 0. The number of rotatable bonds is 5. The molecule has 3 aromatic heterocycles. The molecular formula is C48H29NO3. The van der Waals surface area contributed by atoms with E-state index in [1.807, 2.05) is 36.4 Å². The number of para-hydroxylation sites is 3. The van der Waals surface area contributed by atoms with Crippen LogP contribution in [0, 0.1) is 0 Å². The molecule has 0 aliphatic carbocycles. The van der Waals surface area contributed by atoms with Crippen LogP contribution in [0.3, 0.4) is 0 Å². The third-order valence-corrected chi connectivity index (χ3v) is 10.2. The van der Waals surface area contributed by atoms with Crippen LogP contribution in [0.25, 0.3) is 88.1 Å². The first-order chi connectivity index (χ1) is 25.8. The van der Waals surface area contributed by atoms with Gasteiger partial charge in [-0.15, -0.1) is 0 Å². The molecule has 0 aliphatic rings. The van der Waals surface area contributed by atoms with Gasteiger partial charge in [0.15, 0.2) is 5.58 Å². The highest BCUT2D eigenvalue weighted by Gasteiger charge is 2.24. The van der Waals surface area contributed by atoms with E-state index >= 15 is 0 Å². The monoisotopic (exact) mass is 667 g/mol. The molecule has 11 aromatic rings. The van der Waals surface area contributed by atoms with Gasteiger partial charge in [-0.1, -0.05) is 121 Å². The maximum absolute atomic E-state index is 6.96. The van der Waals surface area contributed by atoms with Gasteiger partial charge in [0.05, 0.1) is 11.4 Å². The number of hydrogen-bond acceptors (Lipinski definition) is 4. The fraction of sp³-hybridized carbons (Fsp3) is 0. The van der Waals surface area contributed by atoms with E-state index in [-0.39, 0.29) is 0 Å². The first kappa shape index (κ1) is 28.8. The summed E-state index contributed by atoms with van der Waals surface area (Å²) in [4.78, 5) is 2.28. The molecule has 0 bridgehead atoms. The third-order valence-electron chi connectivity index (χ3n) is 10.2. The second-order valence-electron chi connectivity index (χ2n) is 13.3. The van der Waals surface area contributed by atoms with Crippen molar-refractivity contribution in [1.82, 2.24) is 0 Å². The molecular weight excluding hydrogens is 639 g/mol. The Morgan fingerprint density at radius 1 is 0.327 bits per heavy atom. The summed E-state index contributed by atoms with van der Waals surface area (Å²) in [7, 11) is 0. The van der Waals surface area contributed by atoms with Gasteiger partial charge in [0, 0.05) is 49.6 Å². The smallest absolute Gasteiger partial charge is 0.159 e. The van der Waals surface area contributed by atoms with Crippen molar-refractivity contribution in [2.24, 2.45) is 0 Å². The van der Waals surface area contributed by atoms with E-state index < -0.39 is 0 Å². The Balaban J connectivity index is 1.18. The van der Waals surface area contributed by atoms with E-state index in [1.165, 1.54) is 0 Å². The van der Waals surface area contributed by atoms with Crippen molar-refractivity contribution >= 4 is 82.9 Å². The zero-order chi connectivity index (χ0) is 34.2. The standard InChI is InChI=1S/C48H29NO3/c1-3-13-30(14-4-1)32-17-11-18-33(27-32)49(40-22-12-21-37-35-19-7-9-23-41(35)51-47(37)40)34-25-26-36-39-29-44-46(38-20-8-10-24-42(38)50-44)45(31-15-5-2-6-16-31)48(39)52-43(36)28-34/h1-29H. The maximum atomic E-state index is 6.96. The largest absolute Gasteiger partial charge is 0.456 e. The number of furan rings is 3. The molecule has 0 atom stereocenters. The highest BCUT2D eigenvalue weighted by atomic mass is 16.3. The fourth-order valence-electron chi connectivity index (χ4n) is 7.91. The Kier molecular flexibility index (Phi) is 6.22. The van der Waals surface area contributed by atoms with Gasteiger partial charge in [0.1, 0.15) is 27.9 Å². The molecule has 4 nitrogen and oxygen atoms in total. The lowest BCUT2D eigenvalue weighted by Gasteiger charge is -2.26. The number of benzene rings is 8. The molecule has 0 fully saturated rings. The molecule has 244 valence electrons. The van der Waals surface area contributed by atoms with E-state index in [4.69, 9.17) is 13.3 Å². The van der Waals surface area contributed by atoms with Gasteiger partial charge in [-0.05, 0) is 65.2 Å². The molecule has 0 aliphatic heterocycles. The van der Waals surface area contributed by atoms with Crippen molar-refractivity contribution in [3.05, 3.63) is 176 Å². The average molecular weight is 668 g/mol. The molecule has 4 heteroatoms. The van der Waals surface area contributed by atoms with Gasteiger partial charge in [-0.2, -0.15) is 0 Å². The van der Waals surface area contributed by atoms with Crippen LogP contribution in [0.1, 0.15) is 0 Å². The fourth-order valence-corrected chi connectivity index (χ4v) is 7.91. The van der Waals surface area contributed by atoms with Gasteiger partial charge in [0.25, 0.3) is 0 Å². The number of nitrogens with zero attached hydrogens (tertiary/aromatic N) is 1. The minimum absolute atomic E-state index is 0.794. The summed E-state index contributed by atoms with van der Waals surface area (Å²) in [6, 6.07) is 61.1. The maximum Gasteiger partial charge on any atom is 0.159 e. The quantitative estimate of drug-likeness (QED) is 0.183. The lowest BCUT2D eigenvalue weighted by Crippen LogP contribution is -2.10. The first-order valence-electron chi connectivity index (χ1n) is 17.5. The van der Waals surface area contributed by atoms with E-state index in [0.29, 0.717) is 0 Å². The minimum Gasteiger partial charge on any atom is -0.456 e. The molecule has 52 heavy (non-hydrogen) atoms. The van der Waals surface area contributed by atoms with Crippen molar-refractivity contribution in [2.45, 2.75) is 0 Å². The minimum atomic E-state index is 0.794. The topological polar surface area (TPSA) is 42.7 Å². The third kappa shape index (κ3) is 4.34. The van der Waals surface area contributed by atoms with Crippen molar-refractivity contribution < 1.29 is 13.3 Å². The zero-order valence-corrected chi connectivity index (χ0v) is 27.9. The van der Waals surface area contributed by atoms with Gasteiger partial charge in [-0.3, -0.25) is 0 Å². The molecule has 0 saturated heterocycles. The van der Waals surface area contributed by atoms with Crippen LogP contribution in [0.5, 0.6) is 0 Å². The highest BCUT2D eigenvalue weighted by molar-refractivity contribution is 6.23. The van der Waals surface area contributed by atoms with Crippen LogP contribution >= 0.6 is 0 Å². The molecule has 8 aromatic carbocycles. The van der Waals surface area contributed by atoms with Crippen LogP contribution in [-0.2, 0) is 0 Å². The van der Waals surface area contributed by atoms with Crippen molar-refractivity contribution in [3.63, 3.8) is 0 Å². The summed E-state index contributed by atoms with van der Waals surface area (Å²) < 4.78 is 20.1. The summed E-state index contributed by atoms with van der Waals surface area (Å²) in [5, 5.41) is 6.34. The van der Waals surface area contributed by atoms with Crippen LogP contribution < -0.4 is 4.90 Å². The Hall–Kier alpha value is -7.04. The Labute approximate surface area is 298 Å². The first-order valence-corrected chi connectivity index (χ1v) is 17.5. The van der Waals surface area contributed by atoms with Gasteiger partial charge in [-0.25, -0.2) is 0 Å². The van der Waals surface area contributed by atoms with Gasteiger partial charge < -0.3 is 18.2 Å². The summed E-state index contributed by atoms with van der Waals surface area (Å²) in [6.45, 7) is 0. The molecule has 0 amide bonds. The summed E-state index contributed by atoms with van der Waals surface area (Å²) in [5.41, 5.74) is 12.4. The normalized spacial score (nSPS) is 11.8. The van der Waals surface area contributed by atoms with E-state index in [2.05, 4.69) is 144 Å². The lowest BCUT2D eigenvalue weighted by atomic mass is 9.96. The Bertz CT molecular complexity index is 3130. The number of hydrogen-bond donors (Lipinski definition) is 0. The Morgan fingerprint density at radius 2 is 0.942 bits per heavy atom. The second-order valence-corrected chi connectivity index (χ2v) is 13.3. The number of anilines is 3. The molecule has 0 radical (unpaired) electrons. The van der Waals surface area contributed by atoms with Gasteiger partial charge in [0.2, 0.25) is 0 Å². The molecule has 11 rings (SSSR count). The van der Waals surface area contributed by atoms with Crippen molar-refractivity contribution in [2.75, 3.05) is 4.90 Å². The summed E-state index contributed by atoms with van der Waals surface area (Å²) in [6.07, 6.45) is 0. The SMILES string of the molecule is c1ccc(-c2cccc(N(c3ccc4c(c3)oc3c(-c5ccccc5)c5c(cc34)oc3ccccc35)c3cccc4c3oc3ccccc34)c2)cc1. The molecule has 0 saturated carbocycles. The Morgan fingerprint density at radius 3 is 1.77 bits per heavy atom. The molecule has 0 unspecified atom stereocenters. The van der Waals surface area contributed by atoms with Gasteiger partial charge >= 0.3 is 0 Å². The predicted molar refractivity (Wildman–Crippen MR) is 214 cm³/mol. The molecule has 0 spiro atoms. The van der Waals surface area contributed by atoms with Crippen molar-refractivity contribution in [1.29, 1.82) is 0 Å². The lowest BCUT2D eigenvalue weighted by molar-refractivity contribution is 0.664. The number of fused-ring (bicyclic) bond motifs is 9. The van der Waals surface area contributed by atoms with E-state index in [0.717, 1.165) is 105 Å². The zero-order valence-electron chi connectivity index (χ0n) is 27.9. The van der Waals surface area contributed by atoms with Crippen LogP contribution in [-0.4, -0.2) is 0 Å². The molecule has 0 N–H and O–H groups in total. The highest BCUT2D eigenvalue weighted by Crippen LogP contribution is 2.47. The van der Waals surface area contributed by atoms with Crippen molar-refractivity contribution in [3.8, 4) is 22.3 Å². The predicted octanol–water partition coefficient (Wildman–Crippen LogP) is 14.2. The van der Waals surface area contributed by atoms with E-state index in [9.17, 15) is 0 Å². The van der Waals surface area contributed by atoms with E-state index in [1.54, 1.807) is 0 Å². The molecule has 3 heterocycles. The van der Waals surface area contributed by atoms with Crippen LogP contribution in [0.4, 0.5) is 17.1 Å². The average Bonchev–Trinajstić information content (AvgIpc) is 3.89. The van der Waals surface area contributed by atoms with Crippen LogP contribution in [0.2, 0.25) is 0 Å². The summed E-state index contributed by atoms with van der Waals surface area (Å²) >= 11 is 0.